The van der Waals surface area contributed by atoms with Crippen LogP contribution in [0.25, 0.3) is 0 Å². The Kier molecular flexibility index (Phi) is 6.45. The predicted octanol–water partition coefficient (Wildman–Crippen LogP) is 0.656. The van der Waals surface area contributed by atoms with Crippen LogP contribution in [-0.2, 0) is 14.8 Å². The average Bonchev–Trinajstić information content (AvgIpc) is 2.99. The van der Waals surface area contributed by atoms with E-state index in [1.54, 1.807) is 0 Å². The SMILES string of the molecule is CC(=O)Nc1ncc(S(=O)(=O)NCCNc2nc(C)cc(N(C)C)n2)s1. The van der Waals surface area contributed by atoms with E-state index in [9.17, 15) is 13.2 Å². The molecular weight excluding hydrogens is 378 g/mol. The van der Waals surface area contributed by atoms with Crippen LogP contribution in [0.3, 0.4) is 0 Å². The van der Waals surface area contributed by atoms with Crippen molar-refractivity contribution < 1.29 is 13.2 Å². The number of rotatable bonds is 8. The Morgan fingerprint density at radius 1 is 1.27 bits per heavy atom. The van der Waals surface area contributed by atoms with E-state index in [1.807, 2.05) is 32.0 Å². The van der Waals surface area contributed by atoms with Crippen molar-refractivity contribution in [1.82, 2.24) is 19.7 Å². The molecule has 0 saturated heterocycles. The van der Waals surface area contributed by atoms with Crippen LogP contribution in [0, 0.1) is 6.92 Å². The first-order valence-electron chi connectivity index (χ1n) is 7.67. The topological polar surface area (TPSA) is 129 Å². The zero-order valence-corrected chi connectivity index (χ0v) is 16.5. The van der Waals surface area contributed by atoms with E-state index in [-0.39, 0.29) is 21.8 Å². The van der Waals surface area contributed by atoms with Crippen LogP contribution in [0.1, 0.15) is 12.6 Å². The molecule has 142 valence electrons. The molecule has 0 aliphatic rings. The molecule has 0 fully saturated rings. The largest absolute Gasteiger partial charge is 0.363 e. The number of hydrogen-bond acceptors (Lipinski definition) is 9. The van der Waals surface area contributed by atoms with Crippen molar-refractivity contribution in [2.75, 3.05) is 42.7 Å². The fraction of sp³-hybridized carbons (Fsp3) is 0.429. The second-order valence-corrected chi connectivity index (χ2v) is 8.60. The lowest BCUT2D eigenvalue weighted by atomic mass is 10.4. The highest BCUT2D eigenvalue weighted by Crippen LogP contribution is 2.22. The quantitative estimate of drug-likeness (QED) is 0.552. The van der Waals surface area contributed by atoms with Crippen molar-refractivity contribution >= 4 is 44.2 Å². The molecule has 0 aromatic carbocycles. The molecule has 0 aliphatic carbocycles. The summed E-state index contributed by atoms with van der Waals surface area (Å²) < 4.78 is 26.9. The highest BCUT2D eigenvalue weighted by atomic mass is 32.2. The van der Waals surface area contributed by atoms with Gasteiger partial charge in [0.25, 0.3) is 10.0 Å². The number of nitrogens with zero attached hydrogens (tertiary/aromatic N) is 4. The zero-order valence-electron chi connectivity index (χ0n) is 14.9. The number of aromatic nitrogens is 3. The number of carbonyl (C=O) groups is 1. The molecule has 10 nitrogen and oxygen atoms in total. The first-order valence-corrected chi connectivity index (χ1v) is 9.97. The predicted molar refractivity (Wildman–Crippen MR) is 101 cm³/mol. The third kappa shape index (κ3) is 5.61. The number of aryl methyl sites for hydroxylation is 1. The van der Waals surface area contributed by atoms with Crippen LogP contribution in [0.2, 0.25) is 0 Å². The van der Waals surface area contributed by atoms with Crippen molar-refractivity contribution in [2.45, 2.75) is 18.1 Å². The molecule has 0 radical (unpaired) electrons. The van der Waals surface area contributed by atoms with Gasteiger partial charge in [-0.3, -0.25) is 4.79 Å². The van der Waals surface area contributed by atoms with Gasteiger partial charge in [-0.25, -0.2) is 23.1 Å². The van der Waals surface area contributed by atoms with E-state index >= 15 is 0 Å². The highest BCUT2D eigenvalue weighted by Gasteiger charge is 2.17. The Labute approximate surface area is 156 Å². The molecule has 12 heteroatoms. The molecule has 2 aromatic rings. The highest BCUT2D eigenvalue weighted by molar-refractivity contribution is 7.91. The van der Waals surface area contributed by atoms with Gasteiger partial charge in [-0.15, -0.1) is 0 Å². The average molecular weight is 400 g/mol. The van der Waals surface area contributed by atoms with Gasteiger partial charge in [0.1, 0.15) is 5.82 Å². The summed E-state index contributed by atoms with van der Waals surface area (Å²) >= 11 is 0.886. The number of sulfonamides is 1. The molecule has 2 heterocycles. The van der Waals surface area contributed by atoms with E-state index < -0.39 is 10.0 Å². The maximum atomic E-state index is 12.2. The summed E-state index contributed by atoms with van der Waals surface area (Å²) in [6, 6.07) is 1.85. The summed E-state index contributed by atoms with van der Waals surface area (Å²) in [6.07, 6.45) is 1.21. The van der Waals surface area contributed by atoms with E-state index in [0.29, 0.717) is 12.5 Å². The van der Waals surface area contributed by atoms with Crippen molar-refractivity contribution in [3.05, 3.63) is 18.0 Å². The Balaban J connectivity index is 1.91. The summed E-state index contributed by atoms with van der Waals surface area (Å²) in [6.45, 7) is 3.64. The number of carbonyl (C=O) groups excluding carboxylic acids is 1. The number of hydrogen-bond donors (Lipinski definition) is 3. The minimum Gasteiger partial charge on any atom is -0.363 e. The fourth-order valence-corrected chi connectivity index (χ4v) is 4.04. The molecule has 2 rings (SSSR count). The van der Waals surface area contributed by atoms with Crippen LogP contribution in [0.4, 0.5) is 16.9 Å². The second kappa shape index (κ2) is 8.38. The van der Waals surface area contributed by atoms with E-state index in [4.69, 9.17) is 0 Å². The standard InChI is InChI=1S/C14H21N7O3S2/c1-9-7-11(21(3)4)20-13(18-9)15-5-6-17-26(23,24)12-8-16-14(25-12)19-10(2)22/h7-8,17H,5-6H2,1-4H3,(H,15,18,20)(H,16,19,22). The number of thiazole rings is 1. The van der Waals surface area contributed by atoms with Gasteiger partial charge in [0.15, 0.2) is 9.34 Å². The smallest absolute Gasteiger partial charge is 0.251 e. The summed E-state index contributed by atoms with van der Waals surface area (Å²) in [7, 11) is 0.0641. The van der Waals surface area contributed by atoms with Gasteiger partial charge in [0, 0.05) is 45.9 Å². The number of nitrogens with one attached hydrogen (secondary N) is 3. The number of anilines is 3. The molecule has 0 atom stereocenters. The molecule has 1 amide bonds. The third-order valence-electron chi connectivity index (χ3n) is 3.03. The Morgan fingerprint density at radius 3 is 2.65 bits per heavy atom. The summed E-state index contributed by atoms with van der Waals surface area (Å²) in [5, 5.41) is 5.68. The Bertz CT molecular complexity index is 880. The minimum absolute atomic E-state index is 0.0305. The lowest BCUT2D eigenvalue weighted by Crippen LogP contribution is -2.28. The van der Waals surface area contributed by atoms with Gasteiger partial charge >= 0.3 is 0 Å². The molecule has 0 bridgehead atoms. The molecule has 3 N–H and O–H groups in total. The number of amides is 1. The molecule has 0 unspecified atom stereocenters. The monoisotopic (exact) mass is 399 g/mol. The lowest BCUT2D eigenvalue weighted by Gasteiger charge is -2.13. The molecule has 0 spiro atoms. The van der Waals surface area contributed by atoms with Crippen molar-refractivity contribution in [1.29, 1.82) is 0 Å². The van der Waals surface area contributed by atoms with Crippen molar-refractivity contribution in [3.8, 4) is 0 Å². The van der Waals surface area contributed by atoms with Gasteiger partial charge in [-0.05, 0) is 6.92 Å². The van der Waals surface area contributed by atoms with Crippen LogP contribution in [0.15, 0.2) is 16.5 Å². The van der Waals surface area contributed by atoms with Crippen LogP contribution >= 0.6 is 11.3 Å². The Morgan fingerprint density at radius 2 is 2.00 bits per heavy atom. The molecule has 2 aromatic heterocycles. The van der Waals surface area contributed by atoms with Gasteiger partial charge < -0.3 is 15.5 Å². The van der Waals surface area contributed by atoms with Crippen molar-refractivity contribution in [3.63, 3.8) is 0 Å². The van der Waals surface area contributed by atoms with Gasteiger partial charge in [-0.1, -0.05) is 11.3 Å². The minimum atomic E-state index is -3.69. The fourth-order valence-electron chi connectivity index (χ4n) is 1.88. The first kappa shape index (κ1) is 20.0. The normalized spacial score (nSPS) is 11.2. The van der Waals surface area contributed by atoms with Crippen LogP contribution in [0.5, 0.6) is 0 Å². The van der Waals surface area contributed by atoms with E-state index in [1.165, 1.54) is 13.1 Å². The van der Waals surface area contributed by atoms with Gasteiger partial charge in [0.05, 0.1) is 6.20 Å². The van der Waals surface area contributed by atoms with Crippen LogP contribution < -0.4 is 20.3 Å². The van der Waals surface area contributed by atoms with Gasteiger partial charge in [0.2, 0.25) is 11.9 Å². The third-order valence-corrected chi connectivity index (χ3v) is 5.87. The zero-order chi connectivity index (χ0) is 19.3. The maximum Gasteiger partial charge on any atom is 0.251 e. The summed E-state index contributed by atoms with van der Waals surface area (Å²) in [5.41, 5.74) is 0.807. The summed E-state index contributed by atoms with van der Waals surface area (Å²) in [5.74, 6) is 0.880. The summed E-state index contributed by atoms with van der Waals surface area (Å²) in [4.78, 5) is 25.3. The van der Waals surface area contributed by atoms with Crippen molar-refractivity contribution in [2.24, 2.45) is 0 Å². The maximum absolute atomic E-state index is 12.2. The Hall–Kier alpha value is -2.31. The molecular formula is C14H21N7O3S2. The van der Waals surface area contributed by atoms with E-state index in [2.05, 4.69) is 30.3 Å². The molecule has 0 aliphatic heterocycles. The lowest BCUT2D eigenvalue weighted by molar-refractivity contribution is -0.114. The van der Waals surface area contributed by atoms with Crippen LogP contribution in [-0.4, -0.2) is 56.5 Å². The molecule has 26 heavy (non-hydrogen) atoms. The first-order chi connectivity index (χ1) is 12.2. The second-order valence-electron chi connectivity index (χ2n) is 5.58. The van der Waals surface area contributed by atoms with E-state index in [0.717, 1.165) is 22.8 Å². The molecule has 0 saturated carbocycles. The van der Waals surface area contributed by atoms with Gasteiger partial charge in [-0.2, -0.15) is 4.98 Å².